The van der Waals surface area contributed by atoms with Crippen molar-refractivity contribution in [3.05, 3.63) is 52.2 Å². The Hall–Kier alpha value is -2.38. The third kappa shape index (κ3) is 5.58. The van der Waals surface area contributed by atoms with Crippen LogP contribution >= 0.6 is 11.3 Å². The highest BCUT2D eigenvalue weighted by molar-refractivity contribution is 7.07. The van der Waals surface area contributed by atoms with Gasteiger partial charge >= 0.3 is 6.09 Å². The van der Waals surface area contributed by atoms with Crippen LogP contribution in [-0.2, 0) is 4.74 Å². The average Bonchev–Trinajstić information content (AvgIpc) is 3.09. The Balaban J connectivity index is 1.99. The summed E-state index contributed by atoms with van der Waals surface area (Å²) in [7, 11) is 3.97. The van der Waals surface area contributed by atoms with Crippen molar-refractivity contribution in [3.8, 4) is 0 Å². The van der Waals surface area contributed by atoms with E-state index >= 15 is 0 Å². The Morgan fingerprint density at radius 3 is 2.72 bits per heavy atom. The zero-order valence-corrected chi connectivity index (χ0v) is 15.4. The molecule has 1 aromatic heterocycles. The van der Waals surface area contributed by atoms with Crippen LogP contribution in [0.5, 0.6) is 0 Å². The number of ether oxygens (including phenoxy) is 1. The first-order valence-corrected chi connectivity index (χ1v) is 8.96. The average molecular weight is 361 g/mol. The number of anilines is 1. The molecule has 0 aliphatic heterocycles. The van der Waals surface area contributed by atoms with Gasteiger partial charge in [-0.25, -0.2) is 4.79 Å². The minimum atomic E-state index is -0.537. The first-order valence-electron chi connectivity index (χ1n) is 8.01. The van der Waals surface area contributed by atoms with Gasteiger partial charge in [-0.15, -0.1) is 0 Å². The number of nitrogens with one attached hydrogen (secondary N) is 2. The molecule has 134 valence electrons. The molecule has 1 aromatic carbocycles. The smallest absolute Gasteiger partial charge is 0.411 e. The van der Waals surface area contributed by atoms with Crippen molar-refractivity contribution in [3.63, 3.8) is 0 Å². The van der Waals surface area contributed by atoms with E-state index in [-0.39, 0.29) is 11.9 Å². The Bertz CT molecular complexity index is 701. The Labute approximate surface area is 151 Å². The lowest BCUT2D eigenvalue weighted by Crippen LogP contribution is -2.34. The van der Waals surface area contributed by atoms with E-state index in [0.717, 1.165) is 0 Å². The van der Waals surface area contributed by atoms with Gasteiger partial charge in [0.25, 0.3) is 5.91 Å². The number of nitrogens with zero attached hydrogens (tertiary/aromatic N) is 1. The molecule has 0 fully saturated rings. The van der Waals surface area contributed by atoms with Crippen molar-refractivity contribution in [1.29, 1.82) is 0 Å². The maximum atomic E-state index is 12.4. The van der Waals surface area contributed by atoms with Gasteiger partial charge in [0.1, 0.15) is 0 Å². The minimum Gasteiger partial charge on any atom is -0.450 e. The fraction of sp³-hybridized carbons (Fsp3) is 0.333. The minimum absolute atomic E-state index is 0.107. The van der Waals surface area contributed by atoms with E-state index in [4.69, 9.17) is 4.74 Å². The molecule has 2 aromatic rings. The van der Waals surface area contributed by atoms with Crippen LogP contribution in [0.2, 0.25) is 0 Å². The highest BCUT2D eigenvalue weighted by Gasteiger charge is 2.16. The summed E-state index contributed by atoms with van der Waals surface area (Å²) in [6.45, 7) is 2.52. The van der Waals surface area contributed by atoms with Gasteiger partial charge in [-0.05, 0) is 61.6 Å². The summed E-state index contributed by atoms with van der Waals surface area (Å²) in [5.74, 6) is -0.186. The number of thiophene rings is 1. The lowest BCUT2D eigenvalue weighted by molar-refractivity contribution is 0.0942. The second-order valence-corrected chi connectivity index (χ2v) is 6.45. The summed E-state index contributed by atoms with van der Waals surface area (Å²) in [4.78, 5) is 26.0. The number of hydrogen-bond donors (Lipinski definition) is 2. The van der Waals surface area contributed by atoms with Gasteiger partial charge in [0, 0.05) is 17.8 Å². The number of likely N-dealkylation sites (N-methyl/N-ethyl adjacent to an activating group) is 1. The number of carbonyl (C=O) groups excluding carboxylic acids is 2. The zero-order chi connectivity index (χ0) is 18.2. The first-order chi connectivity index (χ1) is 12.0. The van der Waals surface area contributed by atoms with Gasteiger partial charge in [0.05, 0.1) is 12.6 Å². The topological polar surface area (TPSA) is 70.7 Å². The molecule has 0 aliphatic carbocycles. The van der Waals surface area contributed by atoms with Gasteiger partial charge in [0.15, 0.2) is 0 Å². The van der Waals surface area contributed by atoms with Crippen LogP contribution in [0.25, 0.3) is 0 Å². The van der Waals surface area contributed by atoms with Crippen LogP contribution in [-0.4, -0.2) is 44.1 Å². The first kappa shape index (κ1) is 19.0. The fourth-order valence-electron chi connectivity index (χ4n) is 2.38. The quantitative estimate of drug-likeness (QED) is 0.793. The van der Waals surface area contributed by atoms with Gasteiger partial charge in [-0.2, -0.15) is 11.3 Å². The van der Waals surface area contributed by atoms with Crippen molar-refractivity contribution >= 4 is 29.0 Å². The number of benzene rings is 1. The summed E-state index contributed by atoms with van der Waals surface area (Å²) >= 11 is 1.64. The highest BCUT2D eigenvalue weighted by atomic mass is 32.1. The van der Waals surface area contributed by atoms with E-state index in [1.54, 1.807) is 42.5 Å². The summed E-state index contributed by atoms with van der Waals surface area (Å²) in [5, 5.41) is 9.66. The van der Waals surface area contributed by atoms with E-state index in [2.05, 4.69) is 27.0 Å². The standard InChI is InChI=1S/C18H23N3O3S/c1-4-24-18(23)20-15-7-5-6-13(10-15)17(22)19-11-16(21(2)3)14-8-9-25-12-14/h5-10,12,16H,4,11H2,1-3H3,(H,19,22)(H,20,23). The third-order valence-corrected chi connectivity index (χ3v) is 4.36. The van der Waals surface area contributed by atoms with E-state index in [1.165, 1.54) is 5.56 Å². The van der Waals surface area contributed by atoms with Crippen LogP contribution in [0, 0.1) is 0 Å². The molecule has 1 atom stereocenters. The van der Waals surface area contributed by atoms with Gasteiger partial charge < -0.3 is 15.0 Å². The van der Waals surface area contributed by atoms with E-state index in [9.17, 15) is 9.59 Å². The second-order valence-electron chi connectivity index (χ2n) is 5.67. The van der Waals surface area contributed by atoms with Gasteiger partial charge in [-0.3, -0.25) is 10.1 Å². The molecule has 0 saturated carbocycles. The second kappa shape index (κ2) is 9.19. The van der Waals surface area contributed by atoms with E-state index in [0.29, 0.717) is 24.4 Å². The molecule has 6 nitrogen and oxygen atoms in total. The molecule has 0 bridgehead atoms. The molecule has 7 heteroatoms. The number of rotatable bonds is 7. The molecule has 0 aliphatic rings. The summed E-state index contributed by atoms with van der Waals surface area (Å²) in [6, 6.07) is 8.94. The molecular weight excluding hydrogens is 338 g/mol. The SMILES string of the molecule is CCOC(=O)Nc1cccc(C(=O)NCC(c2ccsc2)N(C)C)c1. The Morgan fingerprint density at radius 2 is 2.08 bits per heavy atom. The molecule has 2 amide bonds. The van der Waals surface area contributed by atoms with Crippen LogP contribution in [0.4, 0.5) is 10.5 Å². The summed E-state index contributed by atoms with van der Waals surface area (Å²) < 4.78 is 4.84. The third-order valence-electron chi connectivity index (χ3n) is 3.65. The molecule has 2 rings (SSSR count). The normalized spacial score (nSPS) is 11.8. The Morgan fingerprint density at radius 1 is 1.28 bits per heavy atom. The number of carbonyl (C=O) groups is 2. The maximum Gasteiger partial charge on any atom is 0.411 e. The van der Waals surface area contributed by atoms with Crippen molar-refractivity contribution < 1.29 is 14.3 Å². The van der Waals surface area contributed by atoms with Crippen LogP contribution in [0.15, 0.2) is 41.1 Å². The largest absolute Gasteiger partial charge is 0.450 e. The fourth-order valence-corrected chi connectivity index (χ4v) is 3.08. The molecule has 0 spiro atoms. The van der Waals surface area contributed by atoms with Gasteiger partial charge in [-0.1, -0.05) is 6.07 Å². The monoisotopic (exact) mass is 361 g/mol. The van der Waals surface area contributed by atoms with E-state index < -0.39 is 6.09 Å². The summed E-state index contributed by atoms with van der Waals surface area (Å²) in [5.41, 5.74) is 2.18. The highest BCUT2D eigenvalue weighted by Crippen LogP contribution is 2.20. The predicted molar refractivity (Wildman–Crippen MR) is 100 cm³/mol. The number of amides is 2. The molecular formula is C18H23N3O3S. The zero-order valence-electron chi connectivity index (χ0n) is 14.6. The van der Waals surface area contributed by atoms with Crippen molar-refractivity contribution in [2.75, 3.05) is 32.6 Å². The molecule has 1 heterocycles. The molecule has 2 N–H and O–H groups in total. The van der Waals surface area contributed by atoms with Crippen molar-refractivity contribution in [1.82, 2.24) is 10.2 Å². The van der Waals surface area contributed by atoms with Crippen LogP contribution in [0.1, 0.15) is 28.9 Å². The van der Waals surface area contributed by atoms with Crippen LogP contribution in [0.3, 0.4) is 0 Å². The van der Waals surface area contributed by atoms with Gasteiger partial charge in [0.2, 0.25) is 0 Å². The lowest BCUT2D eigenvalue weighted by atomic mass is 10.1. The van der Waals surface area contributed by atoms with Crippen LogP contribution < -0.4 is 10.6 Å². The molecule has 0 saturated heterocycles. The van der Waals surface area contributed by atoms with E-state index in [1.807, 2.05) is 19.5 Å². The Kier molecular flexibility index (Phi) is 6.97. The molecule has 25 heavy (non-hydrogen) atoms. The van der Waals surface area contributed by atoms with Crippen molar-refractivity contribution in [2.45, 2.75) is 13.0 Å². The number of hydrogen-bond acceptors (Lipinski definition) is 5. The lowest BCUT2D eigenvalue weighted by Gasteiger charge is -2.24. The van der Waals surface area contributed by atoms with Crippen molar-refractivity contribution in [2.24, 2.45) is 0 Å². The molecule has 0 radical (unpaired) electrons. The maximum absolute atomic E-state index is 12.4. The molecule has 1 unspecified atom stereocenters. The predicted octanol–water partition coefficient (Wildman–Crippen LogP) is 3.35. The summed E-state index contributed by atoms with van der Waals surface area (Å²) in [6.07, 6.45) is -0.537.